The molecular formula is C18H21FNO. The van der Waals surface area contributed by atoms with Crippen LogP contribution in [0.4, 0.5) is 4.39 Å². The zero-order valence-corrected chi connectivity index (χ0v) is 13.2. The van der Waals surface area contributed by atoms with Gasteiger partial charge < -0.3 is 4.74 Å². The Morgan fingerprint density at radius 1 is 1.19 bits per heavy atom. The Hall–Kier alpha value is -2.08. The first-order valence-corrected chi connectivity index (χ1v) is 6.62. The van der Waals surface area contributed by atoms with Crippen molar-refractivity contribution in [2.75, 3.05) is 0 Å². The molecular weight excluding hydrogens is 265 g/mol. The van der Waals surface area contributed by atoms with Crippen LogP contribution in [0.5, 0.6) is 5.75 Å². The van der Waals surface area contributed by atoms with Crippen LogP contribution in [0.25, 0.3) is 10.9 Å². The van der Waals surface area contributed by atoms with Crippen molar-refractivity contribution in [2.24, 2.45) is 0 Å². The maximum Gasteiger partial charge on any atom is 0.149 e. The number of benzene rings is 1. The molecule has 0 saturated carbocycles. The molecule has 0 saturated heterocycles. The first-order valence-electron chi connectivity index (χ1n) is 6.62. The van der Waals surface area contributed by atoms with E-state index in [1.54, 1.807) is 6.07 Å². The lowest BCUT2D eigenvalue weighted by atomic mass is 9.86. The summed E-state index contributed by atoms with van der Waals surface area (Å²) < 4.78 is 19.5. The number of hydrogen-bond donors (Lipinski definition) is 0. The number of aromatic nitrogens is 1. The number of halogens is 1. The fraction of sp³-hybridized carbons (Fsp3) is 0.333. The molecule has 111 valence electrons. The van der Waals surface area contributed by atoms with E-state index in [4.69, 9.17) is 4.74 Å². The van der Waals surface area contributed by atoms with Crippen LogP contribution in [-0.4, -0.2) is 4.98 Å². The van der Waals surface area contributed by atoms with Crippen LogP contribution >= 0.6 is 0 Å². The van der Waals surface area contributed by atoms with Crippen LogP contribution in [0.2, 0.25) is 0 Å². The van der Waals surface area contributed by atoms with Crippen LogP contribution in [0.3, 0.4) is 0 Å². The van der Waals surface area contributed by atoms with E-state index in [0.717, 1.165) is 16.8 Å². The van der Waals surface area contributed by atoms with Crippen molar-refractivity contribution in [1.29, 1.82) is 0 Å². The second kappa shape index (κ2) is 6.13. The van der Waals surface area contributed by atoms with Gasteiger partial charge in [0.2, 0.25) is 0 Å². The van der Waals surface area contributed by atoms with E-state index < -0.39 is 0 Å². The third-order valence-electron chi connectivity index (χ3n) is 3.48. The molecule has 0 aliphatic rings. The summed E-state index contributed by atoms with van der Waals surface area (Å²) in [5.74, 6) is 0.288. The molecule has 0 amide bonds. The van der Waals surface area contributed by atoms with E-state index >= 15 is 0 Å². The van der Waals surface area contributed by atoms with Crippen LogP contribution in [-0.2, 0) is 5.41 Å². The Morgan fingerprint density at radius 2 is 1.76 bits per heavy atom. The molecule has 0 aliphatic carbocycles. The smallest absolute Gasteiger partial charge is 0.149 e. The van der Waals surface area contributed by atoms with Gasteiger partial charge in [0.1, 0.15) is 24.2 Å². The molecule has 21 heavy (non-hydrogen) atoms. The van der Waals surface area contributed by atoms with Crippen molar-refractivity contribution in [3.8, 4) is 18.6 Å². The van der Waals surface area contributed by atoms with E-state index in [1.165, 1.54) is 0 Å². The largest absolute Gasteiger partial charge is 0.489 e. The molecule has 0 aliphatic heterocycles. The molecule has 0 bridgehead atoms. The number of fused-ring (bicyclic) bond motifs is 1. The van der Waals surface area contributed by atoms with E-state index in [9.17, 15) is 4.39 Å². The minimum Gasteiger partial charge on any atom is -0.489 e. The lowest BCUT2D eigenvalue weighted by Gasteiger charge is -2.21. The fourth-order valence-electron chi connectivity index (χ4n) is 2.12. The summed E-state index contributed by atoms with van der Waals surface area (Å²) in [5, 5.41) is 0.683. The minimum atomic E-state index is -0.316. The SMILES string of the molecule is C#C.[CH2]Oc1c(C)c(C)nc2c(F)cc(C(C)(C)C)cc12. The predicted octanol–water partition coefficient (Wildman–Crippen LogP) is 4.71. The van der Waals surface area contributed by atoms with Gasteiger partial charge in [0.15, 0.2) is 0 Å². The molecule has 0 atom stereocenters. The Balaban J connectivity index is 0.00000106. The molecule has 1 aromatic carbocycles. The highest BCUT2D eigenvalue weighted by Crippen LogP contribution is 2.35. The molecule has 2 aromatic rings. The Kier molecular flexibility index (Phi) is 4.96. The van der Waals surface area contributed by atoms with E-state index in [2.05, 4.69) is 24.9 Å². The highest BCUT2D eigenvalue weighted by molar-refractivity contribution is 5.88. The quantitative estimate of drug-likeness (QED) is 0.708. The summed E-state index contributed by atoms with van der Waals surface area (Å²) in [4.78, 5) is 4.32. The molecule has 0 fully saturated rings. The summed E-state index contributed by atoms with van der Waals surface area (Å²) in [7, 11) is 3.48. The molecule has 1 radical (unpaired) electrons. The van der Waals surface area contributed by atoms with Gasteiger partial charge in [-0.25, -0.2) is 9.37 Å². The number of pyridine rings is 1. The minimum absolute atomic E-state index is 0.133. The zero-order valence-electron chi connectivity index (χ0n) is 13.2. The van der Waals surface area contributed by atoms with Crippen LogP contribution in [0.15, 0.2) is 12.1 Å². The third-order valence-corrected chi connectivity index (χ3v) is 3.48. The number of aryl methyl sites for hydroxylation is 1. The van der Waals surface area contributed by atoms with E-state index in [-0.39, 0.29) is 11.2 Å². The Labute approximate surface area is 126 Å². The summed E-state index contributed by atoms with van der Waals surface area (Å²) in [5.41, 5.74) is 2.78. The van der Waals surface area contributed by atoms with Gasteiger partial charge in [0.05, 0.1) is 0 Å². The van der Waals surface area contributed by atoms with Crippen LogP contribution in [0.1, 0.15) is 37.6 Å². The average molecular weight is 286 g/mol. The Morgan fingerprint density at radius 3 is 2.24 bits per heavy atom. The molecule has 0 N–H and O–H groups in total. The standard InChI is InChI=1S/C16H19FNO.C2H2/c1-9-10(2)18-14-12(15(9)19-6)7-11(8-13(14)17)16(3,4)5;1-2/h7-8H,6H2,1-5H3;1-2H. The molecule has 1 heterocycles. The lowest BCUT2D eigenvalue weighted by Crippen LogP contribution is -2.12. The summed E-state index contributed by atoms with van der Waals surface area (Å²) in [6, 6.07) is 3.50. The van der Waals surface area contributed by atoms with Crippen LogP contribution in [0, 0.1) is 39.6 Å². The number of rotatable bonds is 1. The van der Waals surface area contributed by atoms with Crippen molar-refractivity contribution in [2.45, 2.75) is 40.0 Å². The fourth-order valence-corrected chi connectivity index (χ4v) is 2.12. The molecule has 2 rings (SSSR count). The normalized spacial score (nSPS) is 10.9. The highest BCUT2D eigenvalue weighted by Gasteiger charge is 2.20. The number of nitrogens with zero attached hydrogens (tertiary/aromatic N) is 1. The van der Waals surface area contributed by atoms with Crippen molar-refractivity contribution < 1.29 is 9.13 Å². The first-order chi connectivity index (χ1) is 9.75. The third kappa shape index (κ3) is 3.16. The second-order valence-corrected chi connectivity index (χ2v) is 5.90. The topological polar surface area (TPSA) is 22.1 Å². The molecule has 0 spiro atoms. The second-order valence-electron chi connectivity index (χ2n) is 5.90. The maximum atomic E-state index is 14.3. The zero-order chi connectivity index (χ0) is 16.4. The molecule has 2 nitrogen and oxygen atoms in total. The van der Waals surface area contributed by atoms with E-state index in [0.29, 0.717) is 16.7 Å². The molecule has 0 unspecified atom stereocenters. The highest BCUT2D eigenvalue weighted by atomic mass is 19.1. The van der Waals surface area contributed by atoms with Crippen molar-refractivity contribution in [1.82, 2.24) is 4.98 Å². The van der Waals surface area contributed by atoms with Gasteiger partial charge in [0.25, 0.3) is 0 Å². The van der Waals surface area contributed by atoms with Crippen molar-refractivity contribution in [3.63, 3.8) is 0 Å². The number of terminal acetylenes is 1. The van der Waals surface area contributed by atoms with Gasteiger partial charge in [-0.05, 0) is 37.0 Å². The summed E-state index contributed by atoms with van der Waals surface area (Å²) in [6.07, 6.45) is 8.00. The van der Waals surface area contributed by atoms with Gasteiger partial charge in [-0.2, -0.15) is 0 Å². The van der Waals surface area contributed by atoms with Gasteiger partial charge >= 0.3 is 0 Å². The first kappa shape index (κ1) is 17.0. The van der Waals surface area contributed by atoms with Crippen molar-refractivity contribution in [3.05, 3.63) is 41.9 Å². The van der Waals surface area contributed by atoms with Gasteiger partial charge in [0, 0.05) is 16.6 Å². The van der Waals surface area contributed by atoms with Gasteiger partial charge in [-0.1, -0.05) is 20.8 Å². The van der Waals surface area contributed by atoms with Gasteiger partial charge in [-0.3, -0.25) is 0 Å². The Bertz CT molecular complexity index is 681. The maximum absolute atomic E-state index is 14.3. The molecule has 3 heteroatoms. The lowest BCUT2D eigenvalue weighted by molar-refractivity contribution is 0.473. The number of ether oxygens (including phenoxy) is 1. The molecule has 1 aromatic heterocycles. The summed E-state index contributed by atoms with van der Waals surface area (Å²) in [6.45, 7) is 9.89. The number of hydrogen-bond acceptors (Lipinski definition) is 2. The monoisotopic (exact) mass is 286 g/mol. The van der Waals surface area contributed by atoms with Gasteiger partial charge in [-0.15, -0.1) is 12.8 Å². The predicted molar refractivity (Wildman–Crippen MR) is 85.8 cm³/mol. The van der Waals surface area contributed by atoms with E-state index in [1.807, 2.05) is 40.7 Å². The summed E-state index contributed by atoms with van der Waals surface area (Å²) >= 11 is 0. The van der Waals surface area contributed by atoms with Crippen LogP contribution < -0.4 is 4.74 Å². The average Bonchev–Trinajstić information content (AvgIpc) is 2.42. The van der Waals surface area contributed by atoms with Crippen molar-refractivity contribution >= 4 is 10.9 Å².